The molecule has 0 aliphatic rings. The van der Waals surface area contributed by atoms with Crippen molar-refractivity contribution in [2.45, 2.75) is 26.7 Å². The van der Waals surface area contributed by atoms with Crippen molar-refractivity contribution in [2.75, 3.05) is 38.0 Å². The third-order valence-electron chi connectivity index (χ3n) is 3.08. The number of carbonyl (C=O) groups is 1. The van der Waals surface area contributed by atoms with Crippen molar-refractivity contribution >= 4 is 11.7 Å². The van der Waals surface area contributed by atoms with Crippen molar-refractivity contribution in [3.63, 3.8) is 0 Å². The number of carboxylic acid groups (broad SMARTS) is 1. The molecule has 0 radical (unpaired) electrons. The molecular weight excluding hydrogens is 286 g/mol. The molecule has 0 heterocycles. The Hall–Kier alpha value is -1.79. The molecule has 0 aliphatic carbocycles. The normalized spacial score (nSPS) is 10.5. The van der Waals surface area contributed by atoms with Crippen LogP contribution in [0.1, 0.15) is 37.0 Å². The number of rotatable bonds is 11. The van der Waals surface area contributed by atoms with Crippen LogP contribution in [0.15, 0.2) is 18.2 Å². The molecule has 0 bridgehead atoms. The highest BCUT2D eigenvalue weighted by Gasteiger charge is 2.13. The standard InChI is InChI=1S/C16H25NO5/c1-3-5-6-17(12-21-8-7-18)14-9-13(16(19)20)10-15(11-14)22-4-2/h9-11,18H,3-8,12H2,1-2H3,(H,19,20). The number of anilines is 1. The minimum atomic E-state index is -0.991. The summed E-state index contributed by atoms with van der Waals surface area (Å²) in [5.41, 5.74) is 0.930. The Labute approximate surface area is 131 Å². The number of aromatic carboxylic acids is 1. The van der Waals surface area contributed by atoms with Crippen LogP contribution in [0.25, 0.3) is 0 Å². The molecule has 1 rings (SSSR count). The molecule has 0 aliphatic heterocycles. The number of nitrogens with zero attached hydrogens (tertiary/aromatic N) is 1. The van der Waals surface area contributed by atoms with Crippen molar-refractivity contribution in [1.82, 2.24) is 0 Å². The first kappa shape index (κ1) is 18.3. The second-order valence-electron chi connectivity index (χ2n) is 4.83. The first-order chi connectivity index (χ1) is 10.6. The Morgan fingerprint density at radius 2 is 2.05 bits per heavy atom. The van der Waals surface area contributed by atoms with Gasteiger partial charge in [0.1, 0.15) is 12.5 Å². The largest absolute Gasteiger partial charge is 0.494 e. The maximum atomic E-state index is 11.3. The SMILES string of the molecule is CCCCN(COCCO)c1cc(OCC)cc(C(=O)O)c1. The van der Waals surface area contributed by atoms with E-state index in [1.807, 2.05) is 17.9 Å². The summed E-state index contributed by atoms with van der Waals surface area (Å²) in [7, 11) is 0. The Bertz CT molecular complexity index is 464. The van der Waals surface area contributed by atoms with Crippen LogP contribution in [-0.2, 0) is 4.74 Å². The van der Waals surface area contributed by atoms with Gasteiger partial charge in [0.25, 0.3) is 0 Å². The topological polar surface area (TPSA) is 79.2 Å². The number of hydrogen-bond acceptors (Lipinski definition) is 5. The predicted molar refractivity (Wildman–Crippen MR) is 84.7 cm³/mol. The fourth-order valence-corrected chi connectivity index (χ4v) is 2.00. The third-order valence-corrected chi connectivity index (χ3v) is 3.08. The Morgan fingerprint density at radius 3 is 2.64 bits per heavy atom. The average Bonchev–Trinajstić information content (AvgIpc) is 2.50. The van der Waals surface area contributed by atoms with Gasteiger partial charge in [-0.25, -0.2) is 4.79 Å². The van der Waals surface area contributed by atoms with E-state index in [1.165, 1.54) is 6.07 Å². The van der Waals surface area contributed by atoms with Gasteiger partial charge in [0.05, 0.1) is 25.4 Å². The maximum absolute atomic E-state index is 11.3. The van der Waals surface area contributed by atoms with E-state index in [4.69, 9.17) is 14.6 Å². The smallest absolute Gasteiger partial charge is 0.335 e. The van der Waals surface area contributed by atoms with E-state index in [0.29, 0.717) is 19.1 Å². The number of carboxylic acids is 1. The van der Waals surface area contributed by atoms with Gasteiger partial charge in [-0.3, -0.25) is 0 Å². The van der Waals surface area contributed by atoms with Crippen molar-refractivity contribution in [2.24, 2.45) is 0 Å². The highest BCUT2D eigenvalue weighted by Crippen LogP contribution is 2.25. The van der Waals surface area contributed by atoms with E-state index in [2.05, 4.69) is 6.92 Å². The summed E-state index contributed by atoms with van der Waals surface area (Å²) in [5.74, 6) is -0.462. The molecule has 0 unspecified atom stereocenters. The Balaban J connectivity index is 3.00. The van der Waals surface area contributed by atoms with Crippen LogP contribution in [0.4, 0.5) is 5.69 Å². The first-order valence-electron chi connectivity index (χ1n) is 7.57. The fourth-order valence-electron chi connectivity index (χ4n) is 2.00. The summed E-state index contributed by atoms with van der Waals surface area (Å²) in [5, 5.41) is 18.1. The van der Waals surface area contributed by atoms with Crippen LogP contribution in [0, 0.1) is 0 Å². The number of hydrogen-bond donors (Lipinski definition) is 2. The molecule has 22 heavy (non-hydrogen) atoms. The van der Waals surface area contributed by atoms with E-state index < -0.39 is 5.97 Å². The van der Waals surface area contributed by atoms with Crippen molar-refractivity contribution in [3.8, 4) is 5.75 Å². The fraction of sp³-hybridized carbons (Fsp3) is 0.562. The van der Waals surface area contributed by atoms with E-state index >= 15 is 0 Å². The molecular formula is C16H25NO5. The van der Waals surface area contributed by atoms with Gasteiger partial charge >= 0.3 is 5.97 Å². The summed E-state index contributed by atoms with van der Waals surface area (Å²) in [6, 6.07) is 4.94. The van der Waals surface area contributed by atoms with Crippen molar-refractivity contribution < 1.29 is 24.5 Å². The first-order valence-corrected chi connectivity index (χ1v) is 7.57. The maximum Gasteiger partial charge on any atom is 0.335 e. The highest BCUT2D eigenvalue weighted by molar-refractivity contribution is 5.89. The van der Waals surface area contributed by atoms with Gasteiger partial charge in [-0.15, -0.1) is 0 Å². The number of unbranched alkanes of at least 4 members (excludes halogenated alkanes) is 1. The van der Waals surface area contributed by atoms with E-state index in [9.17, 15) is 9.90 Å². The molecule has 0 fully saturated rings. The van der Waals surface area contributed by atoms with E-state index in [0.717, 1.165) is 25.1 Å². The number of ether oxygens (including phenoxy) is 2. The zero-order chi connectivity index (χ0) is 16.4. The predicted octanol–water partition coefficient (Wildman–Crippen LogP) is 2.36. The minimum Gasteiger partial charge on any atom is -0.494 e. The van der Waals surface area contributed by atoms with Crippen LogP contribution >= 0.6 is 0 Å². The van der Waals surface area contributed by atoms with Crippen LogP contribution in [0.3, 0.4) is 0 Å². The minimum absolute atomic E-state index is 0.0407. The summed E-state index contributed by atoms with van der Waals surface area (Å²) < 4.78 is 10.8. The van der Waals surface area contributed by atoms with Gasteiger partial charge in [0.2, 0.25) is 0 Å². The molecule has 6 heteroatoms. The molecule has 6 nitrogen and oxygen atoms in total. The van der Waals surface area contributed by atoms with E-state index in [-0.39, 0.29) is 18.8 Å². The van der Waals surface area contributed by atoms with Crippen LogP contribution in [0.2, 0.25) is 0 Å². The van der Waals surface area contributed by atoms with Gasteiger partial charge in [0.15, 0.2) is 0 Å². The van der Waals surface area contributed by atoms with Crippen LogP contribution < -0.4 is 9.64 Å². The van der Waals surface area contributed by atoms with Crippen LogP contribution in [-0.4, -0.2) is 49.3 Å². The molecule has 2 N–H and O–H groups in total. The second-order valence-corrected chi connectivity index (χ2v) is 4.83. The van der Waals surface area contributed by atoms with Crippen molar-refractivity contribution in [3.05, 3.63) is 23.8 Å². The molecule has 0 saturated heterocycles. The highest BCUT2D eigenvalue weighted by atomic mass is 16.5. The zero-order valence-corrected chi connectivity index (χ0v) is 13.2. The summed E-state index contributed by atoms with van der Waals surface area (Å²) in [6.07, 6.45) is 1.98. The molecule has 1 aromatic rings. The summed E-state index contributed by atoms with van der Waals surface area (Å²) >= 11 is 0. The lowest BCUT2D eigenvalue weighted by Crippen LogP contribution is -2.28. The second kappa shape index (κ2) is 10.0. The van der Waals surface area contributed by atoms with Crippen LogP contribution in [0.5, 0.6) is 5.75 Å². The molecule has 0 amide bonds. The van der Waals surface area contributed by atoms with Gasteiger partial charge < -0.3 is 24.6 Å². The van der Waals surface area contributed by atoms with Gasteiger partial charge in [-0.1, -0.05) is 13.3 Å². The van der Waals surface area contributed by atoms with Crippen molar-refractivity contribution in [1.29, 1.82) is 0 Å². The monoisotopic (exact) mass is 311 g/mol. The summed E-state index contributed by atoms with van der Waals surface area (Å²) in [6.45, 7) is 5.67. The van der Waals surface area contributed by atoms with Gasteiger partial charge in [0, 0.05) is 18.3 Å². The molecule has 0 spiro atoms. The molecule has 124 valence electrons. The number of aliphatic hydroxyl groups excluding tert-OH is 1. The summed E-state index contributed by atoms with van der Waals surface area (Å²) in [4.78, 5) is 13.2. The third kappa shape index (κ3) is 5.91. The molecule has 1 aromatic carbocycles. The average molecular weight is 311 g/mol. The number of aliphatic hydroxyl groups is 1. The zero-order valence-electron chi connectivity index (χ0n) is 13.2. The lowest BCUT2D eigenvalue weighted by atomic mass is 10.1. The van der Waals surface area contributed by atoms with Gasteiger partial charge in [-0.2, -0.15) is 0 Å². The molecule has 0 aromatic heterocycles. The lowest BCUT2D eigenvalue weighted by molar-refractivity contribution is 0.0696. The molecule has 0 saturated carbocycles. The van der Waals surface area contributed by atoms with E-state index in [1.54, 1.807) is 6.07 Å². The Kier molecular flexibility index (Phi) is 8.32. The quantitative estimate of drug-likeness (QED) is 0.482. The van der Waals surface area contributed by atoms with Gasteiger partial charge in [-0.05, 0) is 25.5 Å². The lowest BCUT2D eigenvalue weighted by Gasteiger charge is -2.25. The Morgan fingerprint density at radius 1 is 1.27 bits per heavy atom. The number of benzene rings is 1. The molecule has 0 atom stereocenters.